The molecule has 0 aliphatic rings. The molecule has 0 bridgehead atoms. The van der Waals surface area contributed by atoms with E-state index in [1.54, 1.807) is 0 Å². The van der Waals surface area contributed by atoms with Gasteiger partial charge in [-0.25, -0.2) is 13.6 Å². The van der Waals surface area contributed by atoms with Crippen molar-refractivity contribution in [2.75, 3.05) is 6.61 Å². The van der Waals surface area contributed by atoms with Crippen LogP contribution in [0.5, 0.6) is 0 Å². The summed E-state index contributed by atoms with van der Waals surface area (Å²) in [5.41, 5.74) is -2.10. The predicted octanol–water partition coefficient (Wildman–Crippen LogP) is 2.47. The highest BCUT2D eigenvalue weighted by Crippen LogP contribution is 2.25. The Morgan fingerprint density at radius 3 is 2.62 bits per heavy atom. The van der Waals surface area contributed by atoms with Crippen LogP contribution < -0.4 is 0 Å². The first kappa shape index (κ1) is 12.4. The molecule has 0 fully saturated rings. The number of carbonyl (C=O) groups excluding carboxylic acids is 1. The lowest BCUT2D eigenvalue weighted by molar-refractivity contribution is 0.0507. The number of nitrogens with zero attached hydrogens (tertiary/aromatic N) is 1. The van der Waals surface area contributed by atoms with Crippen molar-refractivity contribution in [3.05, 3.63) is 29.1 Å². The van der Waals surface area contributed by atoms with E-state index in [4.69, 9.17) is 0 Å². The predicted molar refractivity (Wildman–Crippen MR) is 45.1 cm³/mol. The first-order chi connectivity index (χ1) is 7.47. The van der Waals surface area contributed by atoms with Crippen LogP contribution >= 0.6 is 0 Å². The number of esters is 1. The van der Waals surface area contributed by atoms with Gasteiger partial charge in [-0.3, -0.25) is 0 Å². The van der Waals surface area contributed by atoms with E-state index in [-0.39, 0.29) is 6.61 Å². The summed E-state index contributed by atoms with van der Waals surface area (Å²) >= 11 is 0. The molecular weight excluding hydrogens is 230 g/mol. The van der Waals surface area contributed by atoms with Crippen LogP contribution in [0.25, 0.3) is 0 Å². The number of halogens is 4. The average molecular weight is 237 g/mol. The van der Waals surface area contributed by atoms with Crippen LogP contribution in [-0.4, -0.2) is 17.6 Å². The van der Waals surface area contributed by atoms with Crippen molar-refractivity contribution in [2.45, 2.75) is 13.3 Å². The minimum absolute atomic E-state index is 0.113. The summed E-state index contributed by atoms with van der Waals surface area (Å²) < 4.78 is 54.8. The number of hydrogen-bond acceptors (Lipinski definition) is 3. The average Bonchev–Trinajstić information content (AvgIpc) is 2.16. The van der Waals surface area contributed by atoms with Crippen molar-refractivity contribution in [1.82, 2.24) is 4.98 Å². The zero-order chi connectivity index (χ0) is 12.3. The smallest absolute Gasteiger partial charge is 0.343 e. The highest BCUT2D eigenvalue weighted by Gasteiger charge is 2.25. The maximum Gasteiger partial charge on any atom is 0.343 e. The Labute approximate surface area is 88.0 Å². The zero-order valence-electron chi connectivity index (χ0n) is 8.14. The fourth-order valence-corrected chi connectivity index (χ4v) is 1.08. The van der Waals surface area contributed by atoms with E-state index in [0.717, 1.165) is 0 Å². The Kier molecular flexibility index (Phi) is 3.81. The molecule has 0 N–H and O–H groups in total. The minimum Gasteiger partial charge on any atom is -0.462 e. The molecule has 0 unspecified atom stereocenters. The molecule has 0 spiro atoms. The van der Waals surface area contributed by atoms with Crippen LogP contribution in [0.3, 0.4) is 0 Å². The van der Waals surface area contributed by atoms with Gasteiger partial charge in [0.15, 0.2) is 0 Å². The highest BCUT2D eigenvalue weighted by atomic mass is 19.3. The Hall–Kier alpha value is -1.66. The lowest BCUT2D eigenvalue weighted by atomic mass is 10.1. The highest BCUT2D eigenvalue weighted by molar-refractivity contribution is 5.91. The largest absolute Gasteiger partial charge is 0.462 e. The lowest BCUT2D eigenvalue weighted by Crippen LogP contribution is -2.13. The number of rotatable bonds is 3. The van der Waals surface area contributed by atoms with Gasteiger partial charge in [-0.1, -0.05) is 0 Å². The quantitative estimate of drug-likeness (QED) is 0.460. The fourth-order valence-electron chi connectivity index (χ4n) is 1.08. The molecular formula is C9H7F4NO2. The summed E-state index contributed by atoms with van der Waals surface area (Å²) in [7, 11) is 0. The van der Waals surface area contributed by atoms with E-state index in [9.17, 15) is 22.4 Å². The second kappa shape index (κ2) is 4.91. The lowest BCUT2D eigenvalue weighted by Gasteiger charge is -2.08. The molecule has 0 saturated carbocycles. The standard InChI is InChI=1S/C9H7F4NO2/c1-2-16-9(15)6-4(7(11)12)3-5(10)14-8(6)13/h3,7H,2H2,1H3. The summed E-state index contributed by atoms with van der Waals surface area (Å²) in [6.07, 6.45) is -3.19. The van der Waals surface area contributed by atoms with Gasteiger partial charge in [0.2, 0.25) is 11.9 Å². The van der Waals surface area contributed by atoms with Crippen LogP contribution in [0.4, 0.5) is 17.6 Å². The molecule has 0 aromatic carbocycles. The third-order valence-corrected chi connectivity index (χ3v) is 1.69. The topological polar surface area (TPSA) is 39.2 Å². The second-order valence-corrected chi connectivity index (χ2v) is 2.72. The molecule has 0 aliphatic heterocycles. The van der Waals surface area contributed by atoms with E-state index in [1.807, 2.05) is 0 Å². The van der Waals surface area contributed by atoms with Crippen molar-refractivity contribution in [2.24, 2.45) is 0 Å². The van der Waals surface area contributed by atoms with Gasteiger partial charge in [0, 0.05) is 11.6 Å². The molecule has 3 nitrogen and oxygen atoms in total. The Balaban J connectivity index is 3.29. The molecule has 1 rings (SSSR count). The maximum atomic E-state index is 13.1. The van der Waals surface area contributed by atoms with Gasteiger partial charge in [-0.05, 0) is 6.92 Å². The number of carbonyl (C=O) groups is 1. The normalized spacial score (nSPS) is 10.6. The molecule has 1 aromatic heterocycles. The molecule has 0 saturated heterocycles. The molecule has 0 amide bonds. The van der Waals surface area contributed by atoms with Gasteiger partial charge < -0.3 is 4.74 Å². The third-order valence-electron chi connectivity index (χ3n) is 1.69. The maximum absolute atomic E-state index is 13.1. The molecule has 0 aliphatic carbocycles. The summed E-state index contributed by atoms with van der Waals surface area (Å²) in [4.78, 5) is 13.8. The van der Waals surface area contributed by atoms with E-state index in [0.29, 0.717) is 6.07 Å². The second-order valence-electron chi connectivity index (χ2n) is 2.72. The van der Waals surface area contributed by atoms with Gasteiger partial charge in [-0.15, -0.1) is 0 Å². The van der Waals surface area contributed by atoms with Crippen LogP contribution in [0, 0.1) is 11.9 Å². The number of hydrogen-bond donors (Lipinski definition) is 0. The van der Waals surface area contributed by atoms with Crippen molar-refractivity contribution < 1.29 is 27.1 Å². The molecule has 88 valence electrons. The van der Waals surface area contributed by atoms with Crippen LogP contribution in [-0.2, 0) is 4.74 Å². The molecule has 1 heterocycles. The summed E-state index contributed by atoms with van der Waals surface area (Å²) in [6, 6.07) is 0.306. The monoisotopic (exact) mass is 237 g/mol. The number of aromatic nitrogens is 1. The van der Waals surface area contributed by atoms with Gasteiger partial charge in [-0.2, -0.15) is 13.8 Å². The zero-order valence-corrected chi connectivity index (χ0v) is 8.14. The fraction of sp³-hybridized carbons (Fsp3) is 0.333. The molecule has 0 radical (unpaired) electrons. The first-order valence-electron chi connectivity index (χ1n) is 4.28. The van der Waals surface area contributed by atoms with Crippen molar-refractivity contribution in [3.63, 3.8) is 0 Å². The van der Waals surface area contributed by atoms with Crippen molar-refractivity contribution in [3.8, 4) is 0 Å². The van der Waals surface area contributed by atoms with Gasteiger partial charge in [0.1, 0.15) is 5.56 Å². The van der Waals surface area contributed by atoms with Crippen LogP contribution in [0.1, 0.15) is 29.3 Å². The molecule has 7 heteroatoms. The van der Waals surface area contributed by atoms with E-state index >= 15 is 0 Å². The third kappa shape index (κ3) is 2.47. The summed E-state index contributed by atoms with van der Waals surface area (Å²) in [5.74, 6) is -4.31. The van der Waals surface area contributed by atoms with Gasteiger partial charge in [0.05, 0.1) is 6.61 Å². The van der Waals surface area contributed by atoms with Crippen molar-refractivity contribution >= 4 is 5.97 Å². The molecule has 1 aromatic rings. The molecule has 16 heavy (non-hydrogen) atoms. The SMILES string of the molecule is CCOC(=O)c1c(C(F)F)cc(F)nc1F. The Morgan fingerprint density at radius 1 is 1.50 bits per heavy atom. The summed E-state index contributed by atoms with van der Waals surface area (Å²) in [6.45, 7) is 1.31. The minimum atomic E-state index is -3.19. The van der Waals surface area contributed by atoms with E-state index in [1.165, 1.54) is 6.92 Å². The molecule has 0 atom stereocenters. The summed E-state index contributed by atoms with van der Waals surface area (Å²) in [5, 5.41) is 0. The first-order valence-corrected chi connectivity index (χ1v) is 4.28. The van der Waals surface area contributed by atoms with E-state index in [2.05, 4.69) is 9.72 Å². The van der Waals surface area contributed by atoms with Crippen LogP contribution in [0.2, 0.25) is 0 Å². The Morgan fingerprint density at radius 2 is 2.12 bits per heavy atom. The van der Waals surface area contributed by atoms with Crippen molar-refractivity contribution in [1.29, 1.82) is 0 Å². The van der Waals surface area contributed by atoms with E-state index < -0.39 is 35.4 Å². The Bertz CT molecular complexity index is 409. The number of ether oxygens (including phenoxy) is 1. The number of pyridine rings is 1. The van der Waals surface area contributed by atoms with Gasteiger partial charge >= 0.3 is 5.97 Å². The van der Waals surface area contributed by atoms with Gasteiger partial charge in [0.25, 0.3) is 6.43 Å². The number of alkyl halides is 2. The van der Waals surface area contributed by atoms with Crippen LogP contribution in [0.15, 0.2) is 6.07 Å².